The van der Waals surface area contributed by atoms with Crippen molar-refractivity contribution in [1.29, 1.82) is 0 Å². The number of hydrogen-bond donors (Lipinski definition) is 10. The first kappa shape index (κ1) is 41.2. The summed E-state index contributed by atoms with van der Waals surface area (Å²) in [4.78, 5) is 63.1. The van der Waals surface area contributed by atoms with Crippen LogP contribution in [0.4, 0.5) is 5.69 Å². The molecule has 10 N–H and O–H groups in total. The van der Waals surface area contributed by atoms with Crippen LogP contribution in [0.1, 0.15) is 31.2 Å². The Hall–Kier alpha value is -3.98. The molecule has 1 aromatic rings. The number of thiocarbonyl (C=S) groups is 1. The second-order valence-electron chi connectivity index (χ2n) is 12.0. The third-order valence-electron chi connectivity index (χ3n) is 8.26. The summed E-state index contributed by atoms with van der Waals surface area (Å²) in [5.74, 6) is -6.38. The van der Waals surface area contributed by atoms with E-state index in [0.717, 1.165) is 0 Å². The van der Waals surface area contributed by atoms with Crippen LogP contribution in [0.3, 0.4) is 0 Å². The summed E-state index contributed by atoms with van der Waals surface area (Å²) in [6.45, 7) is -5.07. The minimum Gasteiger partial charge on any atom is -0.480 e. The minimum absolute atomic E-state index is 0.0111. The third kappa shape index (κ3) is 13.8. The van der Waals surface area contributed by atoms with Crippen LogP contribution < -0.4 is 10.6 Å². The van der Waals surface area contributed by atoms with Crippen molar-refractivity contribution in [2.24, 2.45) is 0 Å². The van der Waals surface area contributed by atoms with Crippen molar-refractivity contribution >= 4 is 52.9 Å². The largest absolute Gasteiger partial charge is 0.480 e. The smallest absolute Gasteiger partial charge is 0.317 e. The lowest BCUT2D eigenvalue weighted by Gasteiger charge is -2.45. The monoisotopic (exact) mass is 715 g/mol. The maximum absolute atomic E-state index is 12.1. The van der Waals surface area contributed by atoms with Gasteiger partial charge in [-0.1, -0.05) is 25.0 Å². The molecular formula is C30H45N5O13S. The van der Waals surface area contributed by atoms with Crippen molar-refractivity contribution in [3.05, 3.63) is 29.8 Å². The molecule has 0 spiro atoms. The lowest BCUT2D eigenvalue weighted by Crippen LogP contribution is -2.59. The molecule has 0 bridgehead atoms. The van der Waals surface area contributed by atoms with E-state index in [0.29, 0.717) is 36.9 Å². The van der Waals surface area contributed by atoms with E-state index in [4.69, 9.17) is 12.2 Å². The SMILES string of the molecule is O=C(O)CN(CC(=O)O)[C@H](Cc1ccc(NC(=S)NC(CO)(CO)CO)cc1)CN(CC(=O)O)[C@H]1CCCC[C@@H]1N(CC(=O)O)CC(=O)O. The Morgan fingerprint density at radius 3 is 1.57 bits per heavy atom. The minimum atomic E-state index is -1.47. The number of carboxylic acids is 5. The zero-order valence-corrected chi connectivity index (χ0v) is 27.6. The molecule has 19 heteroatoms. The fraction of sp³-hybridized carbons (Fsp3) is 0.600. The Balaban J connectivity index is 2.45. The zero-order chi connectivity index (χ0) is 36.7. The van der Waals surface area contributed by atoms with Crippen molar-refractivity contribution in [2.75, 3.05) is 64.4 Å². The van der Waals surface area contributed by atoms with Crippen molar-refractivity contribution in [1.82, 2.24) is 20.0 Å². The number of aliphatic hydroxyl groups is 3. The highest BCUT2D eigenvalue weighted by Gasteiger charge is 2.38. The molecule has 49 heavy (non-hydrogen) atoms. The molecule has 3 atom stereocenters. The molecule has 1 saturated carbocycles. The van der Waals surface area contributed by atoms with Gasteiger partial charge in [0.1, 0.15) is 5.54 Å². The van der Waals surface area contributed by atoms with E-state index in [1.807, 2.05) is 0 Å². The Kier molecular flexibility index (Phi) is 16.7. The Labute approximate surface area is 287 Å². The summed E-state index contributed by atoms with van der Waals surface area (Å²) < 4.78 is 0. The summed E-state index contributed by atoms with van der Waals surface area (Å²) in [6.07, 6.45) is 2.14. The van der Waals surface area contributed by atoms with Crippen molar-refractivity contribution in [3.8, 4) is 0 Å². The molecule has 0 heterocycles. The van der Waals surface area contributed by atoms with E-state index >= 15 is 0 Å². The Bertz CT molecular complexity index is 1260. The Morgan fingerprint density at radius 1 is 0.714 bits per heavy atom. The summed E-state index contributed by atoms with van der Waals surface area (Å²) >= 11 is 5.22. The summed E-state index contributed by atoms with van der Waals surface area (Å²) in [5.41, 5.74) is -0.394. The average Bonchev–Trinajstić information content (AvgIpc) is 3.02. The highest BCUT2D eigenvalue weighted by atomic mass is 32.1. The van der Waals surface area contributed by atoms with E-state index in [-0.39, 0.29) is 18.1 Å². The third-order valence-corrected chi connectivity index (χ3v) is 8.46. The molecule has 0 unspecified atom stereocenters. The molecule has 2 rings (SSSR count). The fourth-order valence-electron chi connectivity index (χ4n) is 5.98. The van der Waals surface area contributed by atoms with Crippen LogP contribution in [-0.2, 0) is 30.4 Å². The van der Waals surface area contributed by atoms with Crippen LogP contribution in [0, 0.1) is 0 Å². The molecule has 1 aliphatic carbocycles. The van der Waals surface area contributed by atoms with Crippen molar-refractivity contribution < 1.29 is 64.8 Å². The lowest BCUT2D eigenvalue weighted by atomic mass is 9.87. The standard InChI is InChI=1S/C30H45N5O13S/c36-16-30(17-37,18-38)32-29(49)31-20-7-5-19(6-8-20)9-21(33(11-24(39)40)12-25(41)42)10-34(13-26(43)44)22-3-1-2-4-23(22)35(14-27(45)46)15-28(47)48/h5-8,21-23,36-38H,1-4,9-18H2,(H,39,40)(H,41,42)(H,43,44)(H,45,46)(H,47,48)(H2,31,32,49)/t21-,22+,23+/m1/s1. The normalized spacial score (nSPS) is 17.1. The van der Waals surface area contributed by atoms with Crippen LogP contribution in [0.15, 0.2) is 24.3 Å². The van der Waals surface area contributed by atoms with Gasteiger partial charge >= 0.3 is 29.8 Å². The molecular weight excluding hydrogens is 670 g/mol. The zero-order valence-electron chi connectivity index (χ0n) is 26.8. The maximum atomic E-state index is 12.1. The number of hydrogen-bond acceptors (Lipinski definition) is 12. The number of aliphatic carboxylic acids is 5. The van der Waals surface area contributed by atoms with E-state index in [2.05, 4.69) is 10.6 Å². The van der Waals surface area contributed by atoms with Gasteiger partial charge in [0.2, 0.25) is 0 Å². The molecule has 0 amide bonds. The van der Waals surface area contributed by atoms with E-state index in [1.165, 1.54) is 9.80 Å². The van der Waals surface area contributed by atoms with Gasteiger partial charge in [0.15, 0.2) is 5.11 Å². The quantitative estimate of drug-likeness (QED) is 0.0595. The van der Waals surface area contributed by atoms with Gasteiger partial charge in [-0.3, -0.25) is 38.7 Å². The number of anilines is 1. The van der Waals surface area contributed by atoms with Crippen LogP contribution in [0.2, 0.25) is 0 Å². The first-order chi connectivity index (χ1) is 23.1. The number of carboxylic acid groups (broad SMARTS) is 5. The van der Waals surface area contributed by atoms with E-state index < -0.39 is 106 Å². The van der Waals surface area contributed by atoms with E-state index in [1.54, 1.807) is 29.2 Å². The predicted octanol–water partition coefficient (Wildman–Crippen LogP) is -1.76. The molecule has 1 aromatic carbocycles. The molecule has 274 valence electrons. The van der Waals surface area contributed by atoms with Crippen LogP contribution >= 0.6 is 12.2 Å². The molecule has 1 fully saturated rings. The van der Waals surface area contributed by atoms with Crippen LogP contribution in [0.5, 0.6) is 0 Å². The summed E-state index contributed by atoms with van der Waals surface area (Å²) in [7, 11) is 0. The first-order valence-corrected chi connectivity index (χ1v) is 15.8. The summed E-state index contributed by atoms with van der Waals surface area (Å²) in [6, 6.07) is 4.37. The molecule has 0 saturated heterocycles. The predicted molar refractivity (Wildman–Crippen MR) is 176 cm³/mol. The van der Waals surface area contributed by atoms with Crippen molar-refractivity contribution in [3.63, 3.8) is 0 Å². The number of benzene rings is 1. The number of nitrogens with one attached hydrogen (secondary N) is 2. The first-order valence-electron chi connectivity index (χ1n) is 15.4. The highest BCUT2D eigenvalue weighted by Crippen LogP contribution is 2.28. The molecule has 0 radical (unpaired) electrons. The lowest BCUT2D eigenvalue weighted by molar-refractivity contribution is -0.146. The second kappa shape index (κ2) is 19.9. The Morgan fingerprint density at radius 2 is 1.14 bits per heavy atom. The molecule has 0 aliphatic heterocycles. The molecule has 1 aliphatic rings. The maximum Gasteiger partial charge on any atom is 0.317 e. The highest BCUT2D eigenvalue weighted by molar-refractivity contribution is 7.80. The number of rotatable bonds is 22. The van der Waals surface area contributed by atoms with Gasteiger partial charge in [-0.2, -0.15) is 0 Å². The number of aliphatic hydroxyl groups excluding tert-OH is 3. The second-order valence-corrected chi connectivity index (χ2v) is 12.4. The topological polar surface area (TPSA) is 281 Å². The van der Waals surface area contributed by atoms with Crippen LogP contribution in [0.25, 0.3) is 0 Å². The van der Waals surface area contributed by atoms with Gasteiger partial charge in [-0.25, -0.2) is 0 Å². The summed E-state index contributed by atoms with van der Waals surface area (Å²) in [5, 5.41) is 82.3. The van der Waals surface area contributed by atoms with Crippen LogP contribution in [-0.4, -0.2) is 173 Å². The molecule has 0 aromatic heterocycles. The van der Waals surface area contributed by atoms with Gasteiger partial charge in [0.05, 0.1) is 52.5 Å². The van der Waals surface area contributed by atoms with Crippen molar-refractivity contribution in [2.45, 2.75) is 55.8 Å². The van der Waals surface area contributed by atoms with E-state index in [9.17, 15) is 64.8 Å². The van der Waals surface area contributed by atoms with Gasteiger partial charge in [0, 0.05) is 30.4 Å². The number of nitrogens with zero attached hydrogens (tertiary/aromatic N) is 3. The van der Waals surface area contributed by atoms with Gasteiger partial charge in [-0.15, -0.1) is 0 Å². The average molecular weight is 716 g/mol. The fourth-order valence-corrected chi connectivity index (χ4v) is 6.32. The van der Waals surface area contributed by atoms with Gasteiger partial charge in [0.25, 0.3) is 0 Å². The van der Waals surface area contributed by atoms with Gasteiger partial charge < -0.3 is 51.5 Å². The number of carbonyl (C=O) groups is 5. The van der Waals surface area contributed by atoms with Gasteiger partial charge in [-0.05, 0) is 49.2 Å². The molecule has 18 nitrogen and oxygen atoms in total.